The van der Waals surface area contributed by atoms with E-state index >= 15 is 0 Å². The second-order valence-corrected chi connectivity index (χ2v) is 4.32. The van der Waals surface area contributed by atoms with Gasteiger partial charge in [-0.2, -0.15) is 0 Å². The third kappa shape index (κ3) is 5.26. The lowest BCUT2D eigenvalue weighted by atomic mass is 10.1. The zero-order valence-electron chi connectivity index (χ0n) is 10.8. The van der Waals surface area contributed by atoms with Crippen LogP contribution in [0.25, 0.3) is 0 Å². The first-order chi connectivity index (χ1) is 9.21. The predicted octanol–water partition coefficient (Wildman–Crippen LogP) is 2.56. The topological polar surface area (TPSA) is 64.7 Å². The predicted molar refractivity (Wildman–Crippen MR) is 80.2 cm³/mol. The van der Waals surface area contributed by atoms with Gasteiger partial charge in [0.05, 0.1) is 18.7 Å². The number of hydrogen-bond donors (Lipinski definition) is 1. The summed E-state index contributed by atoms with van der Waals surface area (Å²) in [5.41, 5.74) is 7.91. The van der Waals surface area contributed by atoms with Gasteiger partial charge >= 0.3 is 5.97 Å². The molecule has 1 aromatic carbocycles. The second kappa shape index (κ2) is 8.48. The van der Waals surface area contributed by atoms with E-state index in [4.69, 9.17) is 10.5 Å². The molecule has 0 bridgehead atoms. The molecular weight excluding hydrogens is 308 g/mol. The molecule has 1 rings (SSSR count). The Kier molecular flexibility index (Phi) is 6.89. The number of alkyl halides is 1. The van der Waals surface area contributed by atoms with Gasteiger partial charge in [0.15, 0.2) is 0 Å². The number of ether oxygens (including phenoxy) is 1. The van der Waals surface area contributed by atoms with Crippen LogP contribution in [-0.4, -0.2) is 18.8 Å². The zero-order chi connectivity index (χ0) is 14.1. The lowest BCUT2D eigenvalue weighted by Gasteiger charge is -2.01. The van der Waals surface area contributed by atoms with E-state index in [0.717, 1.165) is 10.9 Å². The van der Waals surface area contributed by atoms with Gasteiger partial charge in [0.1, 0.15) is 0 Å². The fraction of sp³-hybridized carbons (Fsp3) is 0.286. The van der Waals surface area contributed by atoms with Gasteiger partial charge in [-0.15, -0.1) is 0 Å². The smallest absolute Gasteiger partial charge is 0.341 e. The van der Waals surface area contributed by atoms with Crippen LogP contribution < -0.4 is 5.73 Å². The minimum Gasteiger partial charge on any atom is -0.462 e. The summed E-state index contributed by atoms with van der Waals surface area (Å²) in [6, 6.07) is 8.07. The molecule has 0 unspecified atom stereocenters. The molecule has 0 heterocycles. The molecule has 0 fully saturated rings. The molecule has 4 nitrogen and oxygen atoms in total. The average molecular weight is 325 g/mol. The fourth-order valence-corrected chi connectivity index (χ4v) is 1.74. The normalized spacial score (nSPS) is 11.8. The maximum atomic E-state index is 11.4. The van der Waals surface area contributed by atoms with Gasteiger partial charge in [0, 0.05) is 17.7 Å². The van der Waals surface area contributed by atoms with Crippen LogP contribution in [0.2, 0.25) is 0 Å². The highest BCUT2D eigenvalue weighted by atomic mass is 79.9. The van der Waals surface area contributed by atoms with Gasteiger partial charge < -0.3 is 10.5 Å². The third-order valence-electron chi connectivity index (χ3n) is 2.37. The van der Waals surface area contributed by atoms with Gasteiger partial charge in [0.25, 0.3) is 0 Å². The molecule has 0 saturated heterocycles. The van der Waals surface area contributed by atoms with Gasteiger partial charge in [-0.05, 0) is 18.1 Å². The number of esters is 1. The number of carbonyl (C=O) groups is 1. The molecule has 0 aromatic heterocycles. The van der Waals surface area contributed by atoms with E-state index < -0.39 is 5.97 Å². The molecular formula is C14H17BrN2O2. The molecule has 102 valence electrons. The first-order valence-electron chi connectivity index (χ1n) is 5.93. The largest absolute Gasteiger partial charge is 0.462 e. The standard InChI is InChI=1S/C14H17BrN2O2/c1-2-19-14(18)13(8-16)10-17-9-12-5-3-11(7-15)4-6-12/h3-6,8,10H,2,7,9,16H2,1H3/b13-8+,17-10?. The van der Waals surface area contributed by atoms with Crippen LogP contribution in [0.4, 0.5) is 0 Å². The van der Waals surface area contributed by atoms with Crippen molar-refractivity contribution in [3.8, 4) is 0 Å². The Morgan fingerprint density at radius 3 is 2.53 bits per heavy atom. The van der Waals surface area contributed by atoms with Gasteiger partial charge in [0.2, 0.25) is 0 Å². The Bertz CT molecular complexity index is 467. The Labute approximate surface area is 121 Å². The number of rotatable bonds is 6. The van der Waals surface area contributed by atoms with Crippen LogP contribution in [0.1, 0.15) is 18.1 Å². The minimum absolute atomic E-state index is 0.263. The van der Waals surface area contributed by atoms with Crippen molar-refractivity contribution >= 4 is 28.1 Å². The molecule has 1 aromatic rings. The summed E-state index contributed by atoms with van der Waals surface area (Å²) in [5, 5.41) is 0.833. The van der Waals surface area contributed by atoms with Crippen LogP contribution in [0.15, 0.2) is 41.0 Å². The first kappa shape index (κ1) is 15.4. The number of benzene rings is 1. The van der Waals surface area contributed by atoms with E-state index in [1.165, 1.54) is 18.0 Å². The molecule has 0 saturated carbocycles. The summed E-state index contributed by atoms with van der Waals surface area (Å²) >= 11 is 3.39. The summed E-state index contributed by atoms with van der Waals surface area (Å²) in [4.78, 5) is 15.6. The molecule has 0 aliphatic heterocycles. The highest BCUT2D eigenvalue weighted by Gasteiger charge is 2.06. The van der Waals surface area contributed by atoms with Crippen molar-refractivity contribution in [1.29, 1.82) is 0 Å². The SMILES string of the molecule is CCOC(=O)/C(C=NCc1ccc(CBr)cc1)=C/N. The maximum absolute atomic E-state index is 11.4. The van der Waals surface area contributed by atoms with Crippen molar-refractivity contribution in [3.63, 3.8) is 0 Å². The summed E-state index contributed by atoms with van der Waals surface area (Å²) in [6.07, 6.45) is 2.64. The number of halogens is 1. The van der Waals surface area contributed by atoms with Crippen molar-refractivity contribution in [2.24, 2.45) is 10.7 Å². The van der Waals surface area contributed by atoms with E-state index in [9.17, 15) is 4.79 Å². The Balaban J connectivity index is 2.58. The van der Waals surface area contributed by atoms with E-state index in [-0.39, 0.29) is 5.57 Å². The van der Waals surface area contributed by atoms with Crippen molar-refractivity contribution in [1.82, 2.24) is 0 Å². The van der Waals surface area contributed by atoms with Crippen molar-refractivity contribution in [2.45, 2.75) is 18.8 Å². The zero-order valence-corrected chi connectivity index (χ0v) is 12.4. The molecule has 0 atom stereocenters. The Morgan fingerprint density at radius 1 is 1.37 bits per heavy atom. The quantitative estimate of drug-likeness (QED) is 0.378. The highest BCUT2D eigenvalue weighted by molar-refractivity contribution is 9.08. The van der Waals surface area contributed by atoms with Crippen molar-refractivity contribution < 1.29 is 9.53 Å². The minimum atomic E-state index is -0.455. The van der Waals surface area contributed by atoms with E-state index in [2.05, 4.69) is 20.9 Å². The number of nitrogens with zero attached hydrogens (tertiary/aromatic N) is 1. The van der Waals surface area contributed by atoms with E-state index in [0.29, 0.717) is 13.2 Å². The second-order valence-electron chi connectivity index (χ2n) is 3.76. The molecule has 0 amide bonds. The summed E-state index contributed by atoms with van der Waals surface area (Å²) in [7, 11) is 0. The van der Waals surface area contributed by atoms with E-state index in [1.54, 1.807) is 6.92 Å². The highest BCUT2D eigenvalue weighted by Crippen LogP contribution is 2.08. The average Bonchev–Trinajstić information content (AvgIpc) is 2.44. The number of carbonyl (C=O) groups excluding carboxylic acids is 1. The van der Waals surface area contributed by atoms with Gasteiger partial charge in [-0.1, -0.05) is 40.2 Å². The number of hydrogen-bond acceptors (Lipinski definition) is 4. The first-order valence-corrected chi connectivity index (χ1v) is 7.06. The lowest BCUT2D eigenvalue weighted by Crippen LogP contribution is -2.10. The molecule has 5 heteroatoms. The summed E-state index contributed by atoms with van der Waals surface area (Å²) in [5.74, 6) is -0.455. The van der Waals surface area contributed by atoms with Gasteiger partial charge in [-0.3, -0.25) is 4.99 Å². The molecule has 0 aliphatic rings. The van der Waals surface area contributed by atoms with Crippen LogP contribution in [0.5, 0.6) is 0 Å². The molecule has 0 radical (unpaired) electrons. The molecule has 19 heavy (non-hydrogen) atoms. The molecule has 0 spiro atoms. The van der Waals surface area contributed by atoms with Crippen molar-refractivity contribution in [2.75, 3.05) is 6.61 Å². The molecule has 2 N–H and O–H groups in total. The van der Waals surface area contributed by atoms with Crippen LogP contribution in [0.3, 0.4) is 0 Å². The Hall–Kier alpha value is -1.62. The van der Waals surface area contributed by atoms with Crippen LogP contribution >= 0.6 is 15.9 Å². The number of nitrogens with two attached hydrogens (primary N) is 1. The lowest BCUT2D eigenvalue weighted by molar-refractivity contribution is -0.137. The molecule has 0 aliphatic carbocycles. The number of aliphatic imine (C=N–C) groups is 1. The van der Waals surface area contributed by atoms with Gasteiger partial charge in [-0.25, -0.2) is 4.79 Å². The maximum Gasteiger partial charge on any atom is 0.341 e. The fourth-order valence-electron chi connectivity index (χ4n) is 1.36. The third-order valence-corrected chi connectivity index (χ3v) is 3.02. The Morgan fingerprint density at radius 2 is 2.00 bits per heavy atom. The van der Waals surface area contributed by atoms with Crippen LogP contribution in [-0.2, 0) is 21.4 Å². The van der Waals surface area contributed by atoms with Crippen molar-refractivity contribution in [3.05, 3.63) is 47.2 Å². The summed E-state index contributed by atoms with van der Waals surface area (Å²) in [6.45, 7) is 2.56. The van der Waals surface area contributed by atoms with Crippen LogP contribution in [0, 0.1) is 0 Å². The monoisotopic (exact) mass is 324 g/mol. The van der Waals surface area contributed by atoms with E-state index in [1.807, 2.05) is 24.3 Å². The summed E-state index contributed by atoms with van der Waals surface area (Å²) < 4.78 is 4.84.